The van der Waals surface area contributed by atoms with Crippen LogP contribution in [0.2, 0.25) is 0 Å². The SMILES string of the molecule is O=C(C=Cc1ccc(O)cc1)C1=C(O)C2=C(OC3C2OC(CO)C(O)C3O)C(O)(C2OC(CO)C(O)C(O)C2O)C1=O. The summed E-state index contributed by atoms with van der Waals surface area (Å²) in [6.07, 6.45) is -16.0. The highest BCUT2D eigenvalue weighted by atomic mass is 16.6. The number of aliphatic hydroxyl groups excluding tert-OH is 8. The van der Waals surface area contributed by atoms with Crippen LogP contribution in [0.4, 0.5) is 0 Å². The number of aromatic hydroxyl groups is 1. The van der Waals surface area contributed by atoms with Crippen LogP contribution in [0.3, 0.4) is 0 Å². The van der Waals surface area contributed by atoms with Crippen molar-refractivity contribution in [3.63, 3.8) is 0 Å². The van der Waals surface area contributed by atoms with E-state index in [1.807, 2.05) is 0 Å². The van der Waals surface area contributed by atoms with Gasteiger partial charge < -0.3 is 65.3 Å². The maximum absolute atomic E-state index is 13.9. The fourth-order valence-electron chi connectivity index (χ4n) is 5.63. The first kappa shape index (κ1) is 30.2. The van der Waals surface area contributed by atoms with Crippen molar-refractivity contribution in [2.24, 2.45) is 0 Å². The Morgan fingerprint density at radius 2 is 1.45 bits per heavy atom. The van der Waals surface area contributed by atoms with Gasteiger partial charge in [-0.2, -0.15) is 0 Å². The van der Waals surface area contributed by atoms with Crippen LogP contribution in [-0.2, 0) is 23.8 Å². The number of benzene rings is 1. The third kappa shape index (κ3) is 4.55. The molecular formula is C27H30O15. The van der Waals surface area contributed by atoms with E-state index in [9.17, 15) is 60.7 Å². The minimum atomic E-state index is -3.22. The largest absolute Gasteiger partial charge is 0.508 e. The van der Waals surface area contributed by atoms with Crippen LogP contribution in [0.5, 0.6) is 5.75 Å². The number of carbonyl (C=O) groups excluding carboxylic acids is 2. The predicted molar refractivity (Wildman–Crippen MR) is 135 cm³/mol. The Bertz CT molecular complexity index is 1330. The summed E-state index contributed by atoms with van der Waals surface area (Å²) in [6.45, 7) is -1.73. The summed E-state index contributed by atoms with van der Waals surface area (Å²) < 4.78 is 16.7. The highest BCUT2D eigenvalue weighted by molar-refractivity contribution is 6.29. The first-order valence-corrected chi connectivity index (χ1v) is 12.9. The van der Waals surface area contributed by atoms with Crippen LogP contribution >= 0.6 is 0 Å². The zero-order valence-electron chi connectivity index (χ0n) is 21.7. The number of ether oxygens (including phenoxy) is 3. The Labute approximate surface area is 237 Å². The molecule has 15 nitrogen and oxygen atoms in total. The van der Waals surface area contributed by atoms with Crippen LogP contribution < -0.4 is 0 Å². The van der Waals surface area contributed by atoms with Crippen molar-refractivity contribution in [2.75, 3.05) is 13.2 Å². The monoisotopic (exact) mass is 594 g/mol. The highest BCUT2D eigenvalue weighted by Crippen LogP contribution is 2.50. The standard InChI is InChI=1S/C27H30O15/c28-7-12-17(33)20(36)23-22(40-12)15-18(34)14(11(31)6-3-9-1-4-10(30)5-2-9)24(38)27(39,25(15)42-23)26-21(37)19(35)16(32)13(8-29)41-26/h1-6,12-13,16-17,19-23,26,28-30,32-37,39H,7-8H2. The molecule has 3 heterocycles. The molecule has 5 rings (SSSR count). The fraction of sp³-hybridized carbons (Fsp3) is 0.481. The number of phenolic OH excluding ortho intramolecular Hbond substituents is 1. The average molecular weight is 595 g/mol. The number of allylic oxidation sites excluding steroid dienone is 1. The summed E-state index contributed by atoms with van der Waals surface area (Å²) in [5.74, 6) is -4.64. The van der Waals surface area contributed by atoms with Crippen molar-refractivity contribution in [3.05, 3.63) is 58.6 Å². The molecule has 0 amide bonds. The second-order valence-corrected chi connectivity index (χ2v) is 10.4. The number of ketones is 2. The maximum Gasteiger partial charge on any atom is 0.214 e. The van der Waals surface area contributed by atoms with Gasteiger partial charge in [0.05, 0.1) is 18.8 Å². The maximum atomic E-state index is 13.9. The van der Waals surface area contributed by atoms with E-state index in [-0.39, 0.29) is 5.75 Å². The van der Waals surface area contributed by atoms with Gasteiger partial charge >= 0.3 is 0 Å². The van der Waals surface area contributed by atoms with Gasteiger partial charge in [-0.15, -0.1) is 0 Å². The molecule has 1 aliphatic carbocycles. The second-order valence-electron chi connectivity index (χ2n) is 10.4. The van der Waals surface area contributed by atoms with Crippen molar-refractivity contribution in [1.29, 1.82) is 0 Å². The summed E-state index contributed by atoms with van der Waals surface area (Å²) in [5.41, 5.74) is -4.38. The lowest BCUT2D eigenvalue weighted by Gasteiger charge is -2.47. The number of hydrogen-bond acceptors (Lipinski definition) is 15. The molecule has 1 aromatic carbocycles. The van der Waals surface area contributed by atoms with E-state index < -0.39 is 114 Å². The molecule has 228 valence electrons. The molecule has 1 aromatic rings. The van der Waals surface area contributed by atoms with E-state index in [1.54, 1.807) is 0 Å². The Morgan fingerprint density at radius 1 is 0.857 bits per heavy atom. The number of hydrogen-bond donors (Lipinski definition) is 10. The summed E-state index contributed by atoms with van der Waals surface area (Å²) in [4.78, 5) is 27.3. The van der Waals surface area contributed by atoms with Crippen molar-refractivity contribution in [3.8, 4) is 5.75 Å². The Morgan fingerprint density at radius 3 is 2.07 bits per heavy atom. The fourth-order valence-corrected chi connectivity index (χ4v) is 5.63. The van der Waals surface area contributed by atoms with Crippen LogP contribution in [0, 0.1) is 0 Å². The second kappa shape index (κ2) is 11.1. The molecule has 4 aliphatic rings. The lowest BCUT2D eigenvalue weighted by atomic mass is 9.73. The van der Waals surface area contributed by atoms with Gasteiger partial charge in [-0.3, -0.25) is 9.59 Å². The normalized spacial score (nSPS) is 40.2. The van der Waals surface area contributed by atoms with Crippen LogP contribution in [0.15, 0.2) is 53.0 Å². The number of Topliss-reactive ketones (excluding diaryl/α,β-unsaturated/α-hetero) is 1. The van der Waals surface area contributed by atoms with Crippen LogP contribution in [0.25, 0.3) is 6.08 Å². The smallest absolute Gasteiger partial charge is 0.214 e. The molecule has 15 heteroatoms. The molecule has 2 fully saturated rings. The van der Waals surface area contributed by atoms with Crippen molar-refractivity contribution < 1.29 is 74.9 Å². The first-order valence-electron chi connectivity index (χ1n) is 12.9. The van der Waals surface area contributed by atoms with E-state index in [0.717, 1.165) is 6.08 Å². The molecule has 0 spiro atoms. The van der Waals surface area contributed by atoms with E-state index in [2.05, 4.69) is 0 Å². The number of fused-ring (bicyclic) bond motifs is 2. The molecule has 3 aliphatic heterocycles. The quantitative estimate of drug-likeness (QED) is 0.111. The molecule has 0 bridgehead atoms. The van der Waals surface area contributed by atoms with Gasteiger partial charge in [-0.05, 0) is 23.8 Å². The molecule has 10 N–H and O–H groups in total. The predicted octanol–water partition coefficient (Wildman–Crippen LogP) is -3.92. The third-order valence-corrected chi connectivity index (χ3v) is 7.93. The van der Waals surface area contributed by atoms with Gasteiger partial charge in [-0.25, -0.2) is 0 Å². The first-order chi connectivity index (χ1) is 19.9. The number of aliphatic hydroxyl groups is 9. The van der Waals surface area contributed by atoms with Gasteiger partial charge in [0, 0.05) is 0 Å². The average Bonchev–Trinajstić information content (AvgIpc) is 3.37. The van der Waals surface area contributed by atoms with E-state index >= 15 is 0 Å². The highest BCUT2D eigenvalue weighted by Gasteiger charge is 2.67. The lowest BCUT2D eigenvalue weighted by Crippen LogP contribution is -2.68. The Balaban J connectivity index is 1.64. The molecule has 0 radical (unpaired) electrons. The van der Waals surface area contributed by atoms with Crippen LogP contribution in [0.1, 0.15) is 5.56 Å². The van der Waals surface area contributed by atoms with Gasteiger partial charge in [0.2, 0.25) is 11.4 Å². The minimum Gasteiger partial charge on any atom is -0.508 e. The van der Waals surface area contributed by atoms with Gasteiger partial charge in [-0.1, -0.05) is 18.2 Å². The molecule has 0 aromatic heterocycles. The van der Waals surface area contributed by atoms with Gasteiger partial charge in [0.1, 0.15) is 77.8 Å². The summed E-state index contributed by atoms with van der Waals surface area (Å²) in [7, 11) is 0. The zero-order chi connectivity index (χ0) is 30.7. The molecule has 0 saturated carbocycles. The van der Waals surface area contributed by atoms with E-state index in [0.29, 0.717) is 5.56 Å². The van der Waals surface area contributed by atoms with E-state index in [1.165, 1.54) is 30.3 Å². The van der Waals surface area contributed by atoms with Gasteiger partial charge in [0.15, 0.2) is 11.9 Å². The molecule has 11 atom stereocenters. The van der Waals surface area contributed by atoms with Crippen LogP contribution in [-0.4, -0.2) is 142 Å². The number of carbonyl (C=O) groups is 2. The van der Waals surface area contributed by atoms with E-state index in [4.69, 9.17) is 14.2 Å². The molecule has 42 heavy (non-hydrogen) atoms. The van der Waals surface area contributed by atoms with Crippen molar-refractivity contribution in [2.45, 2.75) is 66.6 Å². The number of rotatable bonds is 6. The third-order valence-electron chi connectivity index (χ3n) is 7.93. The van der Waals surface area contributed by atoms with Crippen molar-refractivity contribution >= 4 is 17.6 Å². The molecule has 11 unspecified atom stereocenters. The lowest BCUT2D eigenvalue weighted by molar-refractivity contribution is -0.266. The summed E-state index contributed by atoms with van der Waals surface area (Å²) >= 11 is 0. The topological polar surface area (TPSA) is 264 Å². The molecule has 2 saturated heterocycles. The van der Waals surface area contributed by atoms with Crippen molar-refractivity contribution in [1.82, 2.24) is 0 Å². The summed E-state index contributed by atoms with van der Waals surface area (Å²) in [5, 5.41) is 105. The Hall–Kier alpha value is -3.22. The molecular weight excluding hydrogens is 564 g/mol. The zero-order valence-corrected chi connectivity index (χ0v) is 21.7. The summed E-state index contributed by atoms with van der Waals surface area (Å²) in [6, 6.07) is 5.53. The van der Waals surface area contributed by atoms with Gasteiger partial charge in [0.25, 0.3) is 0 Å². The minimum absolute atomic E-state index is 0.0536. The Kier molecular flexibility index (Phi) is 8.01. The number of phenols is 1.